The number of likely N-dealkylation sites (tertiary alicyclic amines) is 1. The van der Waals surface area contributed by atoms with Crippen molar-refractivity contribution in [2.24, 2.45) is 0 Å². The zero-order chi connectivity index (χ0) is 17.3. The fourth-order valence-electron chi connectivity index (χ4n) is 2.49. The van der Waals surface area contributed by atoms with E-state index >= 15 is 0 Å². The quantitative estimate of drug-likeness (QED) is 0.926. The average molecular weight is 323 g/mol. The summed E-state index contributed by atoms with van der Waals surface area (Å²) in [6.07, 6.45) is 2.36. The SMILES string of the molecule is CC(C)(C)OC(=O)N[C@@H]1CCN(Cc2ncc(C(C)(C)C)o2)C1. The Kier molecular flexibility index (Phi) is 5.04. The predicted octanol–water partition coefficient (Wildman–Crippen LogP) is 3.07. The molecule has 1 aliphatic heterocycles. The van der Waals surface area contributed by atoms with Crippen molar-refractivity contribution in [2.75, 3.05) is 13.1 Å². The van der Waals surface area contributed by atoms with Gasteiger partial charge in [-0.3, -0.25) is 4.90 Å². The number of ether oxygens (including phenoxy) is 1. The molecule has 6 nitrogen and oxygen atoms in total. The van der Waals surface area contributed by atoms with Crippen LogP contribution in [0.5, 0.6) is 0 Å². The molecule has 0 aromatic carbocycles. The highest BCUT2D eigenvalue weighted by molar-refractivity contribution is 5.68. The number of rotatable bonds is 3. The van der Waals surface area contributed by atoms with Crippen molar-refractivity contribution < 1.29 is 13.9 Å². The molecule has 1 saturated heterocycles. The van der Waals surface area contributed by atoms with Crippen LogP contribution in [0.2, 0.25) is 0 Å². The molecule has 6 heteroatoms. The third-order valence-electron chi connectivity index (χ3n) is 3.64. The van der Waals surface area contributed by atoms with Crippen LogP contribution in [0.1, 0.15) is 59.6 Å². The Morgan fingerprint density at radius 2 is 2.09 bits per heavy atom. The van der Waals surface area contributed by atoms with Gasteiger partial charge in [0, 0.05) is 24.5 Å². The van der Waals surface area contributed by atoms with E-state index in [-0.39, 0.29) is 17.6 Å². The van der Waals surface area contributed by atoms with Gasteiger partial charge in [-0.25, -0.2) is 9.78 Å². The summed E-state index contributed by atoms with van der Waals surface area (Å²) in [5.41, 5.74) is -0.499. The van der Waals surface area contributed by atoms with Gasteiger partial charge in [0.25, 0.3) is 0 Å². The maximum absolute atomic E-state index is 11.8. The number of carbonyl (C=O) groups excluding carboxylic acids is 1. The van der Waals surface area contributed by atoms with Crippen molar-refractivity contribution in [3.05, 3.63) is 17.8 Å². The maximum Gasteiger partial charge on any atom is 0.407 e. The molecule has 1 atom stereocenters. The second-order valence-electron chi connectivity index (χ2n) is 8.24. The number of nitrogens with zero attached hydrogens (tertiary/aromatic N) is 2. The van der Waals surface area contributed by atoms with Gasteiger partial charge in [-0.2, -0.15) is 0 Å². The second-order valence-corrected chi connectivity index (χ2v) is 8.24. The van der Waals surface area contributed by atoms with Gasteiger partial charge < -0.3 is 14.5 Å². The van der Waals surface area contributed by atoms with Crippen LogP contribution < -0.4 is 5.32 Å². The monoisotopic (exact) mass is 323 g/mol. The molecule has 2 heterocycles. The molecule has 0 aliphatic carbocycles. The molecule has 0 radical (unpaired) electrons. The van der Waals surface area contributed by atoms with Crippen molar-refractivity contribution >= 4 is 6.09 Å². The Morgan fingerprint density at radius 1 is 1.39 bits per heavy atom. The molecule has 23 heavy (non-hydrogen) atoms. The van der Waals surface area contributed by atoms with Gasteiger partial charge in [-0.1, -0.05) is 20.8 Å². The normalized spacial score (nSPS) is 19.8. The fourth-order valence-corrected chi connectivity index (χ4v) is 2.49. The highest BCUT2D eigenvalue weighted by Gasteiger charge is 2.27. The molecule has 2 rings (SSSR count). The van der Waals surface area contributed by atoms with Crippen molar-refractivity contribution in [1.29, 1.82) is 0 Å². The predicted molar refractivity (Wildman–Crippen MR) is 88.3 cm³/mol. The van der Waals surface area contributed by atoms with E-state index in [1.54, 1.807) is 0 Å². The van der Waals surface area contributed by atoms with E-state index in [2.05, 4.69) is 36.0 Å². The molecular formula is C17H29N3O3. The van der Waals surface area contributed by atoms with Crippen LogP contribution in [-0.2, 0) is 16.7 Å². The summed E-state index contributed by atoms with van der Waals surface area (Å²) in [7, 11) is 0. The molecule has 1 N–H and O–H groups in total. The summed E-state index contributed by atoms with van der Waals surface area (Å²) in [4.78, 5) is 18.4. The number of alkyl carbamates (subject to hydrolysis) is 1. The first-order valence-electron chi connectivity index (χ1n) is 8.20. The van der Waals surface area contributed by atoms with Gasteiger partial charge in [-0.05, 0) is 27.2 Å². The van der Waals surface area contributed by atoms with E-state index in [9.17, 15) is 4.79 Å². The van der Waals surface area contributed by atoms with Crippen LogP contribution in [0, 0.1) is 0 Å². The Balaban J connectivity index is 1.81. The van der Waals surface area contributed by atoms with Gasteiger partial charge in [0.1, 0.15) is 11.4 Å². The van der Waals surface area contributed by atoms with Crippen LogP contribution >= 0.6 is 0 Å². The molecule has 0 spiro atoms. The maximum atomic E-state index is 11.8. The van der Waals surface area contributed by atoms with Crippen LogP contribution in [0.25, 0.3) is 0 Å². The van der Waals surface area contributed by atoms with E-state index in [1.807, 2.05) is 27.0 Å². The lowest BCUT2D eigenvalue weighted by Gasteiger charge is -2.21. The Bertz CT molecular complexity index is 540. The molecular weight excluding hydrogens is 294 g/mol. The molecule has 0 unspecified atom stereocenters. The molecule has 1 aliphatic rings. The minimum atomic E-state index is -0.468. The summed E-state index contributed by atoms with van der Waals surface area (Å²) in [5.74, 6) is 1.63. The molecule has 1 amide bonds. The highest BCUT2D eigenvalue weighted by atomic mass is 16.6. The zero-order valence-electron chi connectivity index (χ0n) is 15.1. The molecule has 1 aromatic heterocycles. The first kappa shape index (κ1) is 17.8. The van der Waals surface area contributed by atoms with Crippen molar-refractivity contribution in [3.63, 3.8) is 0 Å². The summed E-state index contributed by atoms with van der Waals surface area (Å²) in [5, 5.41) is 2.93. The Morgan fingerprint density at radius 3 is 2.65 bits per heavy atom. The minimum Gasteiger partial charge on any atom is -0.444 e. The van der Waals surface area contributed by atoms with Gasteiger partial charge in [0.05, 0.1) is 12.7 Å². The lowest BCUT2D eigenvalue weighted by Crippen LogP contribution is -2.40. The minimum absolute atomic E-state index is 0.0307. The van der Waals surface area contributed by atoms with Gasteiger partial charge in [0.2, 0.25) is 5.89 Å². The summed E-state index contributed by atoms with van der Waals surface area (Å²) >= 11 is 0. The number of oxazole rings is 1. The molecule has 0 bridgehead atoms. The van der Waals surface area contributed by atoms with Gasteiger partial charge in [-0.15, -0.1) is 0 Å². The van der Waals surface area contributed by atoms with Crippen molar-refractivity contribution in [2.45, 2.75) is 71.6 Å². The Labute approximate surface area is 138 Å². The van der Waals surface area contributed by atoms with Crippen LogP contribution in [0.3, 0.4) is 0 Å². The fraction of sp³-hybridized carbons (Fsp3) is 0.765. The smallest absolute Gasteiger partial charge is 0.407 e. The Hall–Kier alpha value is -1.56. The molecule has 1 aromatic rings. The van der Waals surface area contributed by atoms with E-state index in [4.69, 9.17) is 9.15 Å². The van der Waals surface area contributed by atoms with E-state index in [0.29, 0.717) is 6.54 Å². The lowest BCUT2D eigenvalue weighted by atomic mass is 9.94. The second kappa shape index (κ2) is 6.51. The van der Waals surface area contributed by atoms with Crippen LogP contribution in [-0.4, -0.2) is 40.7 Å². The number of hydrogen-bond donors (Lipinski definition) is 1. The first-order valence-corrected chi connectivity index (χ1v) is 8.20. The molecule has 1 fully saturated rings. The third kappa shape index (κ3) is 5.53. The van der Waals surface area contributed by atoms with E-state index in [1.165, 1.54) is 0 Å². The van der Waals surface area contributed by atoms with E-state index in [0.717, 1.165) is 31.2 Å². The number of aromatic nitrogens is 1. The summed E-state index contributed by atoms with van der Waals surface area (Å²) in [6, 6.07) is 0.113. The highest BCUT2D eigenvalue weighted by Crippen LogP contribution is 2.23. The number of hydrogen-bond acceptors (Lipinski definition) is 5. The summed E-state index contributed by atoms with van der Waals surface area (Å²) in [6.45, 7) is 14.3. The van der Waals surface area contributed by atoms with Crippen molar-refractivity contribution in [3.8, 4) is 0 Å². The van der Waals surface area contributed by atoms with E-state index < -0.39 is 5.60 Å². The lowest BCUT2D eigenvalue weighted by molar-refractivity contribution is 0.0505. The largest absolute Gasteiger partial charge is 0.444 e. The molecule has 0 saturated carbocycles. The number of amides is 1. The third-order valence-corrected chi connectivity index (χ3v) is 3.64. The standard InChI is InChI=1S/C17H29N3O3/c1-16(2,3)13-9-18-14(22-13)11-20-8-7-12(10-20)19-15(21)23-17(4,5)6/h9,12H,7-8,10-11H2,1-6H3,(H,19,21)/t12-/m1/s1. The van der Waals surface area contributed by atoms with Crippen LogP contribution in [0.4, 0.5) is 4.79 Å². The topological polar surface area (TPSA) is 67.6 Å². The summed E-state index contributed by atoms with van der Waals surface area (Å²) < 4.78 is 11.1. The number of nitrogens with one attached hydrogen (secondary N) is 1. The van der Waals surface area contributed by atoms with Crippen molar-refractivity contribution in [1.82, 2.24) is 15.2 Å². The van der Waals surface area contributed by atoms with Crippen LogP contribution in [0.15, 0.2) is 10.6 Å². The first-order chi connectivity index (χ1) is 10.5. The average Bonchev–Trinajstić information content (AvgIpc) is 2.96. The molecule has 130 valence electrons. The van der Waals surface area contributed by atoms with Gasteiger partial charge >= 0.3 is 6.09 Å². The zero-order valence-corrected chi connectivity index (χ0v) is 15.1. The number of carbonyl (C=O) groups is 1. The van der Waals surface area contributed by atoms with Gasteiger partial charge in [0.15, 0.2) is 0 Å².